The van der Waals surface area contributed by atoms with Crippen LogP contribution in [0.1, 0.15) is 349 Å². The summed E-state index contributed by atoms with van der Waals surface area (Å²) in [5.74, 6) is -2.18. The maximum Gasteiger partial charge on any atom is 0.472 e. The zero-order chi connectivity index (χ0) is 63.3. The van der Waals surface area contributed by atoms with Gasteiger partial charge in [-0.25, -0.2) is 9.13 Å². The van der Waals surface area contributed by atoms with Crippen LogP contribution in [-0.2, 0) is 65.4 Å². The van der Waals surface area contributed by atoms with Crippen molar-refractivity contribution in [2.75, 3.05) is 39.6 Å². The Labute approximate surface area is 524 Å². The number of unbranched alkanes of at least 4 members (excludes halogenated alkanes) is 42. The number of esters is 4. The summed E-state index contributed by atoms with van der Waals surface area (Å²) in [7, 11) is -9.87. The number of phosphoric acid groups is 2. The molecule has 0 spiro atoms. The molecular weight excluding hydrogens is 1140 g/mol. The molecule has 0 saturated carbocycles. The Hall–Kier alpha value is -1.94. The van der Waals surface area contributed by atoms with Gasteiger partial charge in [0.1, 0.15) is 19.3 Å². The smallest absolute Gasteiger partial charge is 0.462 e. The van der Waals surface area contributed by atoms with Gasteiger partial charge >= 0.3 is 39.5 Å². The highest BCUT2D eigenvalue weighted by atomic mass is 31.2. The third kappa shape index (κ3) is 60.9. The van der Waals surface area contributed by atoms with Crippen LogP contribution in [-0.4, -0.2) is 96.7 Å². The van der Waals surface area contributed by atoms with Crippen molar-refractivity contribution in [2.24, 2.45) is 0 Å². The first-order chi connectivity index (χ1) is 41.7. The molecule has 0 aromatic carbocycles. The van der Waals surface area contributed by atoms with Crippen LogP contribution >= 0.6 is 15.6 Å². The maximum absolute atomic E-state index is 13.0. The number of rotatable bonds is 68. The summed E-state index contributed by atoms with van der Waals surface area (Å²) in [6.07, 6.45) is 50.2. The van der Waals surface area contributed by atoms with Gasteiger partial charge in [-0.05, 0) is 25.7 Å². The molecule has 19 heteroatoms. The van der Waals surface area contributed by atoms with E-state index in [9.17, 15) is 43.2 Å². The topological polar surface area (TPSA) is 237 Å². The Bertz CT molecular complexity index is 1650. The summed E-state index contributed by atoms with van der Waals surface area (Å²) in [5.41, 5.74) is 0. The Morgan fingerprint density at radius 3 is 0.733 bits per heavy atom. The van der Waals surface area contributed by atoms with Crippen LogP contribution in [0.25, 0.3) is 0 Å². The van der Waals surface area contributed by atoms with Crippen molar-refractivity contribution in [2.45, 2.75) is 367 Å². The van der Waals surface area contributed by atoms with E-state index in [1.807, 2.05) is 0 Å². The van der Waals surface area contributed by atoms with Crippen LogP contribution in [0.4, 0.5) is 0 Å². The van der Waals surface area contributed by atoms with Crippen LogP contribution in [0.2, 0.25) is 0 Å². The molecule has 0 aliphatic carbocycles. The average molecular weight is 1270 g/mol. The first kappa shape index (κ1) is 84.1. The Kier molecular flexibility index (Phi) is 60.5. The Morgan fingerprint density at radius 1 is 0.279 bits per heavy atom. The van der Waals surface area contributed by atoms with E-state index in [-0.39, 0.29) is 25.7 Å². The number of phosphoric ester groups is 2. The van der Waals surface area contributed by atoms with Crippen LogP contribution in [0.3, 0.4) is 0 Å². The number of aliphatic hydroxyl groups excluding tert-OH is 1. The monoisotopic (exact) mass is 1270 g/mol. The summed E-state index contributed by atoms with van der Waals surface area (Å²) >= 11 is 0. The van der Waals surface area contributed by atoms with Gasteiger partial charge in [0.2, 0.25) is 0 Å². The van der Waals surface area contributed by atoms with Crippen LogP contribution in [0.15, 0.2) is 0 Å². The van der Waals surface area contributed by atoms with Crippen molar-refractivity contribution >= 4 is 39.5 Å². The van der Waals surface area contributed by atoms with E-state index in [0.717, 1.165) is 70.6 Å². The summed E-state index contributed by atoms with van der Waals surface area (Å²) in [6.45, 7) is 4.56. The largest absolute Gasteiger partial charge is 0.472 e. The third-order valence-corrected chi connectivity index (χ3v) is 17.5. The van der Waals surface area contributed by atoms with Gasteiger partial charge in [-0.15, -0.1) is 0 Å². The maximum atomic E-state index is 13.0. The van der Waals surface area contributed by atoms with E-state index in [2.05, 4.69) is 20.8 Å². The minimum absolute atomic E-state index is 0.105. The lowest BCUT2D eigenvalue weighted by Gasteiger charge is -2.21. The van der Waals surface area contributed by atoms with Crippen LogP contribution < -0.4 is 0 Å². The minimum Gasteiger partial charge on any atom is -0.462 e. The Balaban J connectivity index is 5.00. The van der Waals surface area contributed by atoms with Gasteiger partial charge in [-0.3, -0.25) is 37.3 Å². The van der Waals surface area contributed by atoms with Crippen LogP contribution in [0.5, 0.6) is 0 Å². The second kappa shape index (κ2) is 61.9. The van der Waals surface area contributed by atoms with Crippen molar-refractivity contribution in [3.05, 3.63) is 0 Å². The predicted octanol–water partition coefficient (Wildman–Crippen LogP) is 19.1. The molecule has 0 aromatic rings. The molecule has 0 bridgehead atoms. The Morgan fingerprint density at radius 2 is 0.488 bits per heavy atom. The lowest BCUT2D eigenvalue weighted by molar-refractivity contribution is -0.161. The number of ether oxygens (including phenoxy) is 4. The molecule has 0 aliphatic rings. The molecule has 0 aliphatic heterocycles. The molecule has 17 nitrogen and oxygen atoms in total. The highest BCUT2D eigenvalue weighted by Crippen LogP contribution is 2.45. The number of hydrogen-bond acceptors (Lipinski definition) is 15. The zero-order valence-corrected chi connectivity index (χ0v) is 57.1. The van der Waals surface area contributed by atoms with E-state index >= 15 is 0 Å². The summed E-state index contributed by atoms with van der Waals surface area (Å²) in [4.78, 5) is 71.5. The molecule has 3 N–H and O–H groups in total. The zero-order valence-electron chi connectivity index (χ0n) is 55.3. The SMILES string of the molecule is CCCCCCCCCCCCCCCCCC(=O)OC[C@H](COP(=O)(O)OC[C@H](O)COP(=O)(O)OC[C@@H](COC(=O)CCC)OC(=O)CCCCCCCCCCCCCCCCC)OC(=O)CCCCCCCCCCCCCCCCC. The van der Waals surface area contributed by atoms with E-state index in [1.165, 1.54) is 199 Å². The molecule has 0 heterocycles. The fraction of sp³-hybridized carbons (Fsp3) is 0.940. The molecule has 0 aromatic heterocycles. The van der Waals surface area contributed by atoms with Crippen molar-refractivity contribution in [3.8, 4) is 0 Å². The summed E-state index contributed by atoms with van der Waals surface area (Å²) in [5, 5.41) is 10.5. The van der Waals surface area contributed by atoms with Gasteiger partial charge in [0.05, 0.1) is 26.4 Å². The van der Waals surface area contributed by atoms with E-state index in [4.69, 9.17) is 37.0 Å². The number of hydrogen-bond donors (Lipinski definition) is 3. The second-order valence-electron chi connectivity index (χ2n) is 24.2. The van der Waals surface area contributed by atoms with Crippen molar-refractivity contribution in [3.63, 3.8) is 0 Å². The molecule has 0 amide bonds. The molecule has 5 atom stereocenters. The van der Waals surface area contributed by atoms with Crippen LogP contribution in [0, 0.1) is 0 Å². The molecule has 510 valence electrons. The molecule has 0 rings (SSSR count). The lowest BCUT2D eigenvalue weighted by Crippen LogP contribution is -2.30. The molecule has 2 unspecified atom stereocenters. The first-order valence-electron chi connectivity index (χ1n) is 35.3. The average Bonchev–Trinajstić information content (AvgIpc) is 3.51. The van der Waals surface area contributed by atoms with Gasteiger partial charge < -0.3 is 33.8 Å². The summed E-state index contributed by atoms with van der Waals surface area (Å²) in [6, 6.07) is 0. The van der Waals surface area contributed by atoms with Crippen molar-refractivity contribution in [1.82, 2.24) is 0 Å². The normalized spacial score (nSPS) is 14.1. The third-order valence-electron chi connectivity index (χ3n) is 15.6. The summed E-state index contributed by atoms with van der Waals surface area (Å²) < 4.78 is 67.5. The highest BCUT2D eigenvalue weighted by Gasteiger charge is 2.30. The van der Waals surface area contributed by atoms with Crippen molar-refractivity contribution in [1.29, 1.82) is 0 Å². The van der Waals surface area contributed by atoms with Gasteiger partial charge in [0.25, 0.3) is 0 Å². The van der Waals surface area contributed by atoms with Crippen molar-refractivity contribution < 1.29 is 80.2 Å². The second-order valence-corrected chi connectivity index (χ2v) is 27.1. The fourth-order valence-corrected chi connectivity index (χ4v) is 11.8. The van der Waals surface area contributed by atoms with Gasteiger partial charge in [0, 0.05) is 25.7 Å². The number of carbonyl (C=O) groups excluding carboxylic acids is 4. The van der Waals surface area contributed by atoms with E-state index in [1.54, 1.807) is 6.92 Å². The minimum atomic E-state index is -4.94. The lowest BCUT2D eigenvalue weighted by atomic mass is 10.0. The quantitative estimate of drug-likeness (QED) is 0.0222. The molecule has 0 saturated heterocycles. The number of carbonyl (C=O) groups is 4. The number of aliphatic hydroxyl groups is 1. The van der Waals surface area contributed by atoms with E-state index in [0.29, 0.717) is 25.7 Å². The fourth-order valence-electron chi connectivity index (χ4n) is 10.2. The predicted molar refractivity (Wildman–Crippen MR) is 345 cm³/mol. The van der Waals surface area contributed by atoms with E-state index < -0.39 is 97.5 Å². The molecular formula is C67H130O17P2. The molecule has 0 radical (unpaired) electrons. The molecule has 0 fully saturated rings. The highest BCUT2D eigenvalue weighted by molar-refractivity contribution is 7.47. The van der Waals surface area contributed by atoms with Gasteiger partial charge in [0.15, 0.2) is 12.2 Å². The van der Waals surface area contributed by atoms with Gasteiger partial charge in [-0.2, -0.15) is 0 Å². The molecule has 86 heavy (non-hydrogen) atoms. The van der Waals surface area contributed by atoms with Gasteiger partial charge in [-0.1, -0.05) is 297 Å². The standard InChI is InChI=1S/C67H130O17P2/c1-5-9-12-15-18-21-24-27-30-33-36-39-42-45-48-52-65(70)78-58-63(84-67(72)54-50-47-44-41-38-35-32-29-26-23-20-17-14-11-7-3)60-82-86(75,76)80-56-61(68)55-79-85(73,74)81-59-62(57-77-64(69)51-8-4)83-66(71)53-49-46-43-40-37-34-31-28-25-22-19-16-13-10-6-2/h61-63,68H,5-60H2,1-4H3,(H,73,74)(H,75,76)/t61-,62-,63-/m1/s1. The first-order valence-corrected chi connectivity index (χ1v) is 38.3.